The summed E-state index contributed by atoms with van der Waals surface area (Å²) >= 11 is 0. The Hall–Kier alpha value is -4.50. The van der Waals surface area contributed by atoms with Gasteiger partial charge in [0, 0.05) is 78.3 Å². The fourth-order valence-electron chi connectivity index (χ4n) is 3.93. The van der Waals surface area contributed by atoms with E-state index in [1.54, 1.807) is 23.3 Å². The van der Waals surface area contributed by atoms with E-state index in [0.717, 1.165) is 44.5 Å². The molecule has 0 aliphatic carbocycles. The lowest BCUT2D eigenvalue weighted by atomic mass is 9.97. The van der Waals surface area contributed by atoms with E-state index in [1.165, 1.54) is 12.3 Å². The van der Waals surface area contributed by atoms with Crippen molar-refractivity contribution in [2.24, 2.45) is 17.8 Å². The fourth-order valence-corrected chi connectivity index (χ4v) is 3.93. The number of aryl methyl sites for hydroxylation is 2. The second kappa shape index (κ2) is 10.8. The molecule has 1 amide bonds. The maximum Gasteiger partial charge on any atom is 0.247 e. The van der Waals surface area contributed by atoms with E-state index in [-0.39, 0.29) is 12.5 Å². The van der Waals surface area contributed by atoms with Crippen molar-refractivity contribution in [3.8, 4) is 22.4 Å². The highest BCUT2D eigenvalue weighted by molar-refractivity contribution is 6.12. The molecule has 184 valence electrons. The standard InChI is InChI=1S/C27H29N7O2/c1-4-24(36)32-23-11-18(7-6-17(23)2)25-22-10-19(20(12-28)13-29-8-5-9-35)14-30-27(22)33-26(25)21-15-31-34(3)16-21/h4,6-7,10-16,35H,1,5,8-9,28H2,2-3H3,(H,30,33)(H,32,36)/b20-12+,29-13?. The van der Waals surface area contributed by atoms with Crippen LogP contribution < -0.4 is 11.1 Å². The lowest BCUT2D eigenvalue weighted by molar-refractivity contribution is -0.111. The van der Waals surface area contributed by atoms with Gasteiger partial charge in [-0.2, -0.15) is 5.10 Å². The topological polar surface area (TPSA) is 134 Å². The van der Waals surface area contributed by atoms with Gasteiger partial charge in [-0.05, 0) is 42.7 Å². The average Bonchev–Trinajstić information content (AvgIpc) is 3.48. The number of aliphatic hydroxyl groups excluding tert-OH is 1. The van der Waals surface area contributed by atoms with Crippen LogP contribution in [0.2, 0.25) is 0 Å². The number of anilines is 1. The molecule has 0 radical (unpaired) electrons. The summed E-state index contributed by atoms with van der Waals surface area (Å²) in [7, 11) is 1.87. The molecule has 9 heteroatoms. The minimum absolute atomic E-state index is 0.0855. The van der Waals surface area contributed by atoms with Gasteiger partial charge in [0.2, 0.25) is 5.91 Å². The Balaban J connectivity index is 1.90. The number of fused-ring (bicyclic) bond motifs is 1. The molecule has 5 N–H and O–H groups in total. The Labute approximate surface area is 209 Å². The zero-order valence-electron chi connectivity index (χ0n) is 20.3. The maximum atomic E-state index is 12.0. The number of pyridine rings is 1. The summed E-state index contributed by atoms with van der Waals surface area (Å²) in [6.45, 7) is 6.08. The summed E-state index contributed by atoms with van der Waals surface area (Å²) in [5, 5.41) is 17.1. The van der Waals surface area contributed by atoms with Gasteiger partial charge in [-0.3, -0.25) is 14.5 Å². The number of nitrogens with one attached hydrogen (secondary N) is 2. The SMILES string of the molecule is C=CC(=O)Nc1cc(-c2c(-c3cnn(C)c3)[nH]c3ncc(/C(C=NCCCO)=C/N)cc23)ccc1C. The predicted octanol–water partition coefficient (Wildman–Crippen LogP) is 3.82. The summed E-state index contributed by atoms with van der Waals surface area (Å²) in [6, 6.07) is 7.95. The van der Waals surface area contributed by atoms with E-state index in [4.69, 9.17) is 10.8 Å². The number of aromatic nitrogens is 4. The number of aliphatic imine (C=N–C) groups is 1. The molecule has 0 spiro atoms. The summed E-state index contributed by atoms with van der Waals surface area (Å²) in [6.07, 6.45) is 10.5. The summed E-state index contributed by atoms with van der Waals surface area (Å²) in [5.41, 5.74) is 13.4. The van der Waals surface area contributed by atoms with Gasteiger partial charge in [0.1, 0.15) is 5.65 Å². The zero-order chi connectivity index (χ0) is 25.7. The summed E-state index contributed by atoms with van der Waals surface area (Å²) in [4.78, 5) is 24.5. The Kier molecular flexibility index (Phi) is 7.41. The van der Waals surface area contributed by atoms with Crippen LogP contribution in [0.5, 0.6) is 0 Å². The maximum absolute atomic E-state index is 12.0. The molecule has 0 saturated carbocycles. The van der Waals surface area contributed by atoms with Crippen LogP contribution in [0.25, 0.3) is 39.0 Å². The molecule has 0 aliphatic rings. The summed E-state index contributed by atoms with van der Waals surface area (Å²) in [5.74, 6) is -0.274. The van der Waals surface area contributed by atoms with Crippen LogP contribution in [-0.2, 0) is 11.8 Å². The molecule has 0 atom stereocenters. The number of amides is 1. The van der Waals surface area contributed by atoms with Crippen LogP contribution in [0.1, 0.15) is 17.5 Å². The molecule has 3 heterocycles. The molecule has 0 aliphatic heterocycles. The molecule has 1 aromatic carbocycles. The number of benzene rings is 1. The van der Waals surface area contributed by atoms with Gasteiger partial charge in [-0.1, -0.05) is 18.7 Å². The van der Waals surface area contributed by atoms with E-state index in [1.807, 2.05) is 44.4 Å². The molecule has 4 aromatic rings. The van der Waals surface area contributed by atoms with Crippen molar-refractivity contribution in [2.75, 3.05) is 18.5 Å². The van der Waals surface area contributed by atoms with Gasteiger partial charge in [-0.25, -0.2) is 4.98 Å². The van der Waals surface area contributed by atoms with Gasteiger partial charge >= 0.3 is 0 Å². The van der Waals surface area contributed by atoms with Crippen LogP contribution in [-0.4, -0.2) is 50.1 Å². The van der Waals surface area contributed by atoms with Crippen molar-refractivity contribution in [1.82, 2.24) is 19.7 Å². The van der Waals surface area contributed by atoms with Gasteiger partial charge in [0.15, 0.2) is 0 Å². The van der Waals surface area contributed by atoms with Gasteiger partial charge in [0.05, 0.1) is 11.9 Å². The molecule has 0 fully saturated rings. The fraction of sp³-hybridized carbons (Fsp3) is 0.185. The van der Waals surface area contributed by atoms with E-state index < -0.39 is 0 Å². The number of hydrogen-bond acceptors (Lipinski definition) is 6. The van der Waals surface area contributed by atoms with E-state index in [2.05, 4.69) is 32.0 Å². The molecular formula is C27H29N7O2. The zero-order valence-corrected chi connectivity index (χ0v) is 20.3. The van der Waals surface area contributed by atoms with Crippen LogP contribution in [0.3, 0.4) is 0 Å². The number of nitrogens with two attached hydrogens (primary N) is 1. The quantitative estimate of drug-likeness (QED) is 0.163. The predicted molar refractivity (Wildman–Crippen MR) is 145 cm³/mol. The van der Waals surface area contributed by atoms with Gasteiger partial charge < -0.3 is 21.1 Å². The van der Waals surface area contributed by atoms with Crippen LogP contribution in [0.15, 0.2) is 66.7 Å². The first kappa shape index (κ1) is 24.6. The van der Waals surface area contributed by atoms with Crippen molar-refractivity contribution in [3.63, 3.8) is 0 Å². The number of aromatic amines is 1. The highest BCUT2D eigenvalue weighted by Crippen LogP contribution is 2.39. The second-order valence-corrected chi connectivity index (χ2v) is 8.36. The Morgan fingerprint density at radius 3 is 2.83 bits per heavy atom. The van der Waals surface area contributed by atoms with Gasteiger partial charge in [-0.15, -0.1) is 0 Å². The lowest BCUT2D eigenvalue weighted by Gasteiger charge is -2.11. The molecule has 9 nitrogen and oxygen atoms in total. The first-order valence-electron chi connectivity index (χ1n) is 11.5. The van der Waals surface area contributed by atoms with Crippen molar-refractivity contribution >= 4 is 34.4 Å². The number of carbonyl (C=O) groups is 1. The number of rotatable bonds is 9. The molecule has 0 saturated heterocycles. The molecule has 0 unspecified atom stereocenters. The first-order valence-corrected chi connectivity index (χ1v) is 11.5. The molecule has 0 bridgehead atoms. The average molecular weight is 484 g/mol. The molecule has 36 heavy (non-hydrogen) atoms. The molecular weight excluding hydrogens is 454 g/mol. The minimum Gasteiger partial charge on any atom is -0.404 e. The second-order valence-electron chi connectivity index (χ2n) is 8.36. The van der Waals surface area contributed by atoms with Crippen LogP contribution in [0, 0.1) is 6.92 Å². The monoisotopic (exact) mass is 483 g/mol. The number of carbonyl (C=O) groups excluding carboxylic acids is 1. The Bertz CT molecular complexity index is 1480. The Morgan fingerprint density at radius 1 is 1.31 bits per heavy atom. The largest absolute Gasteiger partial charge is 0.404 e. The smallest absolute Gasteiger partial charge is 0.247 e. The normalized spacial score (nSPS) is 11.9. The third-order valence-electron chi connectivity index (χ3n) is 5.80. The number of hydrogen-bond donors (Lipinski definition) is 4. The van der Waals surface area contributed by atoms with E-state index in [0.29, 0.717) is 24.3 Å². The summed E-state index contributed by atoms with van der Waals surface area (Å²) < 4.78 is 1.74. The van der Waals surface area contributed by atoms with E-state index >= 15 is 0 Å². The number of aliphatic hydroxyl groups is 1. The molecule has 4 rings (SSSR count). The van der Waals surface area contributed by atoms with Crippen molar-refractivity contribution in [1.29, 1.82) is 0 Å². The van der Waals surface area contributed by atoms with Crippen molar-refractivity contribution in [3.05, 3.63) is 72.8 Å². The number of nitrogens with zero attached hydrogens (tertiary/aromatic N) is 4. The Morgan fingerprint density at radius 2 is 2.14 bits per heavy atom. The van der Waals surface area contributed by atoms with E-state index in [9.17, 15) is 4.79 Å². The third kappa shape index (κ3) is 5.11. The molecule has 3 aromatic heterocycles. The van der Waals surface area contributed by atoms with Crippen LogP contribution >= 0.6 is 0 Å². The van der Waals surface area contributed by atoms with Gasteiger partial charge in [0.25, 0.3) is 0 Å². The van der Waals surface area contributed by atoms with Crippen molar-refractivity contribution < 1.29 is 9.90 Å². The highest BCUT2D eigenvalue weighted by atomic mass is 16.3. The minimum atomic E-state index is -0.274. The number of H-pyrrole nitrogens is 1. The lowest BCUT2D eigenvalue weighted by Crippen LogP contribution is -2.08. The van der Waals surface area contributed by atoms with Crippen LogP contribution in [0.4, 0.5) is 5.69 Å². The van der Waals surface area contributed by atoms with Crippen molar-refractivity contribution in [2.45, 2.75) is 13.3 Å². The number of allylic oxidation sites excluding steroid dienone is 1. The highest BCUT2D eigenvalue weighted by Gasteiger charge is 2.19. The first-order chi connectivity index (χ1) is 17.4. The third-order valence-corrected chi connectivity index (χ3v) is 5.80.